The van der Waals surface area contributed by atoms with Crippen molar-refractivity contribution in [2.24, 2.45) is 0 Å². The van der Waals surface area contributed by atoms with Gasteiger partial charge >= 0.3 is 0 Å². The van der Waals surface area contributed by atoms with Crippen LogP contribution in [0.3, 0.4) is 0 Å². The molecule has 0 aromatic carbocycles. The lowest BCUT2D eigenvalue weighted by atomic mass is 9.97. The fourth-order valence-corrected chi connectivity index (χ4v) is 1.29. The number of H-pyrrole nitrogens is 1. The van der Waals surface area contributed by atoms with Crippen LogP contribution in [-0.4, -0.2) is 33.4 Å². The molecule has 1 amide bonds. The minimum Gasteiger partial charge on any atom is -0.388 e. The third kappa shape index (κ3) is 2.96. The van der Waals surface area contributed by atoms with Gasteiger partial charge in [-0.05, 0) is 12.8 Å². The molecule has 0 fully saturated rings. The number of nitrogen functional groups attached to an aromatic ring is 1. The molecule has 0 unspecified atom stereocenters. The molecule has 6 heteroatoms. The standard InChI is InChI=1S/C10H18N4O2/c1-3-10(16,4-2)6-12-9(15)7-5-8(11)14-13-7/h5,16H,3-4,6H2,1-2H3,(H,12,15)(H3,11,13,14). The second-order valence-electron chi connectivity index (χ2n) is 3.82. The number of aromatic nitrogens is 2. The summed E-state index contributed by atoms with van der Waals surface area (Å²) in [4.78, 5) is 11.6. The highest BCUT2D eigenvalue weighted by Crippen LogP contribution is 2.13. The van der Waals surface area contributed by atoms with Crippen molar-refractivity contribution in [3.8, 4) is 0 Å². The Morgan fingerprint density at radius 2 is 2.25 bits per heavy atom. The molecular weight excluding hydrogens is 208 g/mol. The van der Waals surface area contributed by atoms with Crippen LogP contribution in [0.15, 0.2) is 6.07 Å². The molecule has 0 aliphatic carbocycles. The summed E-state index contributed by atoms with van der Waals surface area (Å²) in [5.41, 5.74) is 4.83. The van der Waals surface area contributed by atoms with Gasteiger partial charge in [-0.1, -0.05) is 13.8 Å². The lowest BCUT2D eigenvalue weighted by molar-refractivity contribution is 0.0313. The van der Waals surface area contributed by atoms with E-state index in [9.17, 15) is 9.90 Å². The Morgan fingerprint density at radius 1 is 1.62 bits per heavy atom. The Hall–Kier alpha value is -1.56. The van der Waals surface area contributed by atoms with E-state index < -0.39 is 5.60 Å². The number of anilines is 1. The molecule has 0 radical (unpaired) electrons. The van der Waals surface area contributed by atoms with Crippen molar-refractivity contribution in [2.45, 2.75) is 32.3 Å². The monoisotopic (exact) mass is 226 g/mol. The molecule has 1 rings (SSSR count). The summed E-state index contributed by atoms with van der Waals surface area (Å²) in [6.07, 6.45) is 1.18. The van der Waals surface area contributed by atoms with Crippen LogP contribution in [0.5, 0.6) is 0 Å². The first-order valence-corrected chi connectivity index (χ1v) is 5.32. The van der Waals surface area contributed by atoms with E-state index in [1.165, 1.54) is 6.07 Å². The molecule has 0 saturated carbocycles. The van der Waals surface area contributed by atoms with Gasteiger partial charge in [0, 0.05) is 12.6 Å². The maximum Gasteiger partial charge on any atom is 0.269 e. The minimum absolute atomic E-state index is 0.220. The number of carbonyl (C=O) groups excluding carboxylic acids is 1. The van der Waals surface area contributed by atoms with Gasteiger partial charge in [0.2, 0.25) is 0 Å². The second-order valence-corrected chi connectivity index (χ2v) is 3.82. The molecule has 16 heavy (non-hydrogen) atoms. The molecule has 90 valence electrons. The number of amides is 1. The zero-order valence-electron chi connectivity index (χ0n) is 9.58. The average Bonchev–Trinajstić information content (AvgIpc) is 2.72. The van der Waals surface area contributed by atoms with Crippen LogP contribution in [0.4, 0.5) is 5.82 Å². The van der Waals surface area contributed by atoms with Crippen molar-refractivity contribution in [3.05, 3.63) is 11.8 Å². The van der Waals surface area contributed by atoms with Crippen LogP contribution in [0.2, 0.25) is 0 Å². The van der Waals surface area contributed by atoms with Gasteiger partial charge in [0.1, 0.15) is 11.5 Å². The molecule has 0 bridgehead atoms. The molecule has 0 aliphatic rings. The zero-order valence-corrected chi connectivity index (χ0v) is 9.58. The normalized spacial score (nSPS) is 11.4. The van der Waals surface area contributed by atoms with Crippen molar-refractivity contribution in [1.82, 2.24) is 15.5 Å². The zero-order chi connectivity index (χ0) is 12.2. The van der Waals surface area contributed by atoms with Crippen LogP contribution >= 0.6 is 0 Å². The molecule has 1 aromatic rings. The lowest BCUT2D eigenvalue weighted by Gasteiger charge is -2.25. The smallest absolute Gasteiger partial charge is 0.269 e. The van der Waals surface area contributed by atoms with Crippen LogP contribution < -0.4 is 11.1 Å². The first-order valence-electron chi connectivity index (χ1n) is 5.32. The molecule has 1 heterocycles. The number of nitrogens with zero attached hydrogens (tertiary/aromatic N) is 1. The number of aliphatic hydroxyl groups is 1. The number of hydrogen-bond donors (Lipinski definition) is 4. The summed E-state index contributed by atoms with van der Waals surface area (Å²) in [6.45, 7) is 3.98. The van der Waals surface area contributed by atoms with Crippen LogP contribution in [0.1, 0.15) is 37.2 Å². The molecule has 0 atom stereocenters. The van der Waals surface area contributed by atoms with Gasteiger partial charge in [0.15, 0.2) is 0 Å². The fraction of sp³-hybridized carbons (Fsp3) is 0.600. The lowest BCUT2D eigenvalue weighted by Crippen LogP contribution is -2.42. The first kappa shape index (κ1) is 12.5. The maximum atomic E-state index is 11.6. The van der Waals surface area contributed by atoms with E-state index >= 15 is 0 Å². The fourth-order valence-electron chi connectivity index (χ4n) is 1.29. The highest BCUT2D eigenvalue weighted by Gasteiger charge is 2.23. The van der Waals surface area contributed by atoms with E-state index in [1.54, 1.807) is 0 Å². The summed E-state index contributed by atoms with van der Waals surface area (Å²) in [5.74, 6) is -0.0454. The van der Waals surface area contributed by atoms with E-state index in [1.807, 2.05) is 13.8 Å². The van der Waals surface area contributed by atoms with Crippen molar-refractivity contribution in [1.29, 1.82) is 0 Å². The van der Waals surface area contributed by atoms with Crippen molar-refractivity contribution in [2.75, 3.05) is 12.3 Å². The summed E-state index contributed by atoms with van der Waals surface area (Å²) >= 11 is 0. The third-order valence-electron chi connectivity index (χ3n) is 2.74. The molecule has 1 aromatic heterocycles. The van der Waals surface area contributed by atoms with Crippen molar-refractivity contribution < 1.29 is 9.90 Å². The molecule has 0 spiro atoms. The number of hydrogen-bond acceptors (Lipinski definition) is 4. The Kier molecular flexibility index (Phi) is 3.89. The Labute approximate surface area is 94.2 Å². The molecule has 6 nitrogen and oxygen atoms in total. The van der Waals surface area contributed by atoms with Crippen molar-refractivity contribution in [3.63, 3.8) is 0 Å². The van der Waals surface area contributed by atoms with Crippen LogP contribution in [-0.2, 0) is 0 Å². The second kappa shape index (κ2) is 4.98. The van der Waals surface area contributed by atoms with Gasteiger partial charge < -0.3 is 16.2 Å². The van der Waals surface area contributed by atoms with Gasteiger partial charge in [-0.3, -0.25) is 9.89 Å². The number of carbonyl (C=O) groups is 1. The quantitative estimate of drug-likeness (QED) is 0.578. The highest BCUT2D eigenvalue weighted by molar-refractivity contribution is 5.92. The van der Waals surface area contributed by atoms with Gasteiger partial charge in [0.05, 0.1) is 5.60 Å². The van der Waals surface area contributed by atoms with Gasteiger partial charge in [0.25, 0.3) is 5.91 Å². The number of nitrogens with one attached hydrogen (secondary N) is 2. The average molecular weight is 226 g/mol. The Balaban J connectivity index is 2.53. The number of nitrogens with two attached hydrogens (primary N) is 1. The van der Waals surface area contributed by atoms with Gasteiger partial charge in [-0.15, -0.1) is 0 Å². The van der Waals surface area contributed by atoms with E-state index in [-0.39, 0.29) is 18.3 Å². The predicted molar refractivity (Wildman–Crippen MR) is 60.9 cm³/mol. The Morgan fingerprint density at radius 3 is 2.69 bits per heavy atom. The van der Waals surface area contributed by atoms with Gasteiger partial charge in [-0.25, -0.2) is 0 Å². The largest absolute Gasteiger partial charge is 0.388 e. The summed E-state index contributed by atoms with van der Waals surface area (Å²) in [7, 11) is 0. The van der Waals surface area contributed by atoms with E-state index in [0.717, 1.165) is 0 Å². The highest BCUT2D eigenvalue weighted by atomic mass is 16.3. The molecule has 5 N–H and O–H groups in total. The molecule has 0 aliphatic heterocycles. The maximum absolute atomic E-state index is 11.6. The van der Waals surface area contributed by atoms with E-state index in [0.29, 0.717) is 18.5 Å². The minimum atomic E-state index is -0.846. The molecular formula is C10H18N4O2. The third-order valence-corrected chi connectivity index (χ3v) is 2.74. The predicted octanol–water partition coefficient (Wildman–Crippen LogP) is 0.273. The first-order chi connectivity index (χ1) is 7.50. The Bertz CT molecular complexity index is 357. The van der Waals surface area contributed by atoms with Crippen molar-refractivity contribution >= 4 is 11.7 Å². The van der Waals surface area contributed by atoms with Crippen LogP contribution in [0, 0.1) is 0 Å². The van der Waals surface area contributed by atoms with E-state index in [4.69, 9.17) is 5.73 Å². The topological polar surface area (TPSA) is 104 Å². The summed E-state index contributed by atoms with van der Waals surface area (Å²) in [5, 5.41) is 18.8. The number of rotatable bonds is 5. The molecule has 0 saturated heterocycles. The van der Waals surface area contributed by atoms with E-state index in [2.05, 4.69) is 15.5 Å². The summed E-state index contributed by atoms with van der Waals surface area (Å²) in [6, 6.07) is 1.45. The van der Waals surface area contributed by atoms with Crippen LogP contribution in [0.25, 0.3) is 0 Å². The van der Waals surface area contributed by atoms with Gasteiger partial charge in [-0.2, -0.15) is 5.10 Å². The SMILES string of the molecule is CCC(O)(CC)CNC(=O)c1cc(N)n[nH]1. The summed E-state index contributed by atoms with van der Waals surface area (Å²) < 4.78 is 0. The number of aromatic amines is 1.